The smallest absolute Gasteiger partial charge is 0.336 e. The zero-order valence-electron chi connectivity index (χ0n) is 9.69. The number of halogens is 2. The van der Waals surface area contributed by atoms with Crippen molar-refractivity contribution in [2.75, 3.05) is 0 Å². The molecule has 0 amide bonds. The Kier molecular flexibility index (Phi) is 3.17. The third kappa shape index (κ3) is 2.44. The fraction of sp³-hybridized carbons (Fsp3) is 0. The van der Waals surface area contributed by atoms with Gasteiger partial charge in [0.15, 0.2) is 0 Å². The van der Waals surface area contributed by atoms with E-state index >= 15 is 0 Å². The fourth-order valence-corrected chi connectivity index (χ4v) is 2.49. The number of rotatable bonds is 1. The molecule has 0 unspecified atom stereocenters. The van der Waals surface area contributed by atoms with Crippen molar-refractivity contribution in [2.24, 2.45) is 0 Å². The van der Waals surface area contributed by atoms with E-state index < -0.39 is 0 Å². The highest BCUT2D eigenvalue weighted by Crippen LogP contribution is 2.30. The summed E-state index contributed by atoms with van der Waals surface area (Å²) in [6.07, 6.45) is 0. The topological polar surface area (TPSA) is 30.2 Å². The molecule has 1 aromatic heterocycles. The molecule has 0 aliphatic heterocycles. The average molecular weight is 336 g/mol. The van der Waals surface area contributed by atoms with Crippen molar-refractivity contribution in [3.05, 3.63) is 68.4 Å². The van der Waals surface area contributed by atoms with Gasteiger partial charge in [-0.2, -0.15) is 0 Å². The van der Waals surface area contributed by atoms with Crippen LogP contribution in [0, 0.1) is 0 Å². The summed E-state index contributed by atoms with van der Waals surface area (Å²) in [5, 5.41) is 1.55. The normalized spacial score (nSPS) is 10.8. The van der Waals surface area contributed by atoms with Gasteiger partial charge in [0.1, 0.15) is 5.58 Å². The first-order valence-corrected chi connectivity index (χ1v) is 6.80. The maximum atomic E-state index is 11.6. The van der Waals surface area contributed by atoms with E-state index in [1.807, 2.05) is 24.3 Å². The molecule has 0 atom stereocenters. The van der Waals surface area contributed by atoms with Gasteiger partial charge < -0.3 is 4.42 Å². The average Bonchev–Trinajstić information content (AvgIpc) is 2.39. The van der Waals surface area contributed by atoms with Crippen LogP contribution in [0.25, 0.3) is 22.1 Å². The molecule has 19 heavy (non-hydrogen) atoms. The van der Waals surface area contributed by atoms with Crippen LogP contribution < -0.4 is 5.63 Å². The lowest BCUT2D eigenvalue weighted by atomic mass is 10.0. The maximum Gasteiger partial charge on any atom is 0.336 e. The molecule has 2 aromatic carbocycles. The highest BCUT2D eigenvalue weighted by Gasteiger charge is 2.08. The van der Waals surface area contributed by atoms with E-state index in [4.69, 9.17) is 16.0 Å². The molecule has 3 aromatic rings. The third-order valence-corrected chi connectivity index (χ3v) is 3.60. The number of hydrogen-bond donors (Lipinski definition) is 0. The summed E-state index contributed by atoms with van der Waals surface area (Å²) in [6.45, 7) is 0. The number of hydrogen-bond acceptors (Lipinski definition) is 2. The molecule has 0 N–H and O–H groups in total. The van der Waals surface area contributed by atoms with Gasteiger partial charge in [0.05, 0.1) is 0 Å². The van der Waals surface area contributed by atoms with Crippen LogP contribution in [0.3, 0.4) is 0 Å². The molecule has 3 rings (SSSR count). The molecule has 94 valence electrons. The second-order valence-corrected chi connectivity index (χ2v) is 5.48. The summed E-state index contributed by atoms with van der Waals surface area (Å²) in [7, 11) is 0. The van der Waals surface area contributed by atoms with Crippen LogP contribution in [0.4, 0.5) is 0 Å². The molecule has 0 saturated carbocycles. The van der Waals surface area contributed by atoms with Crippen LogP contribution in [-0.4, -0.2) is 0 Å². The SMILES string of the molecule is O=c1cc(-c2ccc(Cl)cc2)c2cc(Br)ccc2o1. The van der Waals surface area contributed by atoms with Gasteiger partial charge in [0.25, 0.3) is 0 Å². The number of fused-ring (bicyclic) bond motifs is 1. The molecule has 0 spiro atoms. The Morgan fingerprint density at radius 3 is 2.47 bits per heavy atom. The van der Waals surface area contributed by atoms with Crippen molar-refractivity contribution in [3.63, 3.8) is 0 Å². The molecule has 0 aliphatic carbocycles. The van der Waals surface area contributed by atoms with Gasteiger partial charge in [0, 0.05) is 20.9 Å². The summed E-state index contributed by atoms with van der Waals surface area (Å²) in [5.74, 6) is 0. The van der Waals surface area contributed by atoms with Gasteiger partial charge in [-0.1, -0.05) is 39.7 Å². The van der Waals surface area contributed by atoms with Gasteiger partial charge in [-0.25, -0.2) is 4.79 Å². The minimum absolute atomic E-state index is 0.361. The van der Waals surface area contributed by atoms with Gasteiger partial charge in [-0.15, -0.1) is 0 Å². The Bertz CT molecular complexity index is 806. The van der Waals surface area contributed by atoms with Crippen molar-refractivity contribution in [2.45, 2.75) is 0 Å². The van der Waals surface area contributed by atoms with Gasteiger partial charge >= 0.3 is 5.63 Å². The molecule has 4 heteroatoms. The first kappa shape index (κ1) is 12.5. The Balaban J connectivity index is 2.35. The maximum absolute atomic E-state index is 11.6. The highest BCUT2D eigenvalue weighted by atomic mass is 79.9. The molecule has 2 nitrogen and oxygen atoms in total. The third-order valence-electron chi connectivity index (χ3n) is 2.86. The lowest BCUT2D eigenvalue weighted by Gasteiger charge is -2.06. The molecule has 0 radical (unpaired) electrons. The molecule has 0 bridgehead atoms. The summed E-state index contributed by atoms with van der Waals surface area (Å²) < 4.78 is 6.13. The standard InChI is InChI=1S/C15H8BrClO2/c16-10-3-6-14-13(7-10)12(8-15(18)19-14)9-1-4-11(17)5-2-9/h1-8H. The summed E-state index contributed by atoms with van der Waals surface area (Å²) >= 11 is 9.31. The van der Waals surface area contributed by atoms with Crippen LogP contribution in [0.15, 0.2) is 62.2 Å². The minimum Gasteiger partial charge on any atom is -0.423 e. The van der Waals surface area contributed by atoms with Crippen molar-refractivity contribution in [3.8, 4) is 11.1 Å². The van der Waals surface area contributed by atoms with Crippen LogP contribution in [0.1, 0.15) is 0 Å². The van der Waals surface area contributed by atoms with Gasteiger partial charge in [0.2, 0.25) is 0 Å². The van der Waals surface area contributed by atoms with E-state index in [0.29, 0.717) is 10.6 Å². The summed E-state index contributed by atoms with van der Waals surface area (Å²) in [4.78, 5) is 11.6. The summed E-state index contributed by atoms with van der Waals surface area (Å²) in [6, 6.07) is 14.4. The Labute approximate surface area is 122 Å². The van der Waals surface area contributed by atoms with Gasteiger partial charge in [-0.05, 0) is 41.5 Å². The van der Waals surface area contributed by atoms with E-state index in [0.717, 1.165) is 21.0 Å². The van der Waals surface area contributed by atoms with Crippen molar-refractivity contribution in [1.82, 2.24) is 0 Å². The van der Waals surface area contributed by atoms with E-state index in [2.05, 4.69) is 15.9 Å². The van der Waals surface area contributed by atoms with E-state index in [1.54, 1.807) is 18.2 Å². The lowest BCUT2D eigenvalue weighted by Crippen LogP contribution is -1.98. The Morgan fingerprint density at radius 1 is 1.00 bits per heavy atom. The predicted octanol–water partition coefficient (Wildman–Crippen LogP) is 4.88. The number of benzene rings is 2. The molecule has 1 heterocycles. The predicted molar refractivity (Wildman–Crippen MR) is 80.6 cm³/mol. The second kappa shape index (κ2) is 4.83. The van der Waals surface area contributed by atoms with Crippen LogP contribution in [0.5, 0.6) is 0 Å². The highest BCUT2D eigenvalue weighted by molar-refractivity contribution is 9.10. The molecule has 0 fully saturated rings. The first-order chi connectivity index (χ1) is 9.13. The van der Waals surface area contributed by atoms with Crippen LogP contribution in [0.2, 0.25) is 5.02 Å². The monoisotopic (exact) mass is 334 g/mol. The zero-order valence-corrected chi connectivity index (χ0v) is 12.0. The Morgan fingerprint density at radius 2 is 1.74 bits per heavy atom. The molecular formula is C15H8BrClO2. The lowest BCUT2D eigenvalue weighted by molar-refractivity contribution is 0.561. The van der Waals surface area contributed by atoms with Gasteiger partial charge in [-0.3, -0.25) is 0 Å². The minimum atomic E-state index is -0.361. The van der Waals surface area contributed by atoms with E-state index in [9.17, 15) is 4.79 Å². The molecule has 0 saturated heterocycles. The fourth-order valence-electron chi connectivity index (χ4n) is 2.00. The quantitative estimate of drug-likeness (QED) is 0.594. The van der Waals surface area contributed by atoms with E-state index in [-0.39, 0.29) is 5.63 Å². The molecule has 0 aliphatic rings. The second-order valence-electron chi connectivity index (χ2n) is 4.13. The van der Waals surface area contributed by atoms with Crippen molar-refractivity contribution >= 4 is 38.5 Å². The Hall–Kier alpha value is -1.58. The van der Waals surface area contributed by atoms with Crippen LogP contribution in [-0.2, 0) is 0 Å². The summed E-state index contributed by atoms with van der Waals surface area (Å²) in [5.41, 5.74) is 1.98. The van der Waals surface area contributed by atoms with Crippen LogP contribution >= 0.6 is 27.5 Å². The first-order valence-electron chi connectivity index (χ1n) is 5.63. The molecular weight excluding hydrogens is 328 g/mol. The van der Waals surface area contributed by atoms with E-state index in [1.165, 1.54) is 6.07 Å². The van der Waals surface area contributed by atoms with Crippen molar-refractivity contribution in [1.29, 1.82) is 0 Å². The zero-order chi connectivity index (χ0) is 13.4. The van der Waals surface area contributed by atoms with Crippen molar-refractivity contribution < 1.29 is 4.42 Å². The largest absolute Gasteiger partial charge is 0.423 e.